The van der Waals surface area contributed by atoms with E-state index in [9.17, 15) is 0 Å². The number of rotatable bonds is 2. The van der Waals surface area contributed by atoms with Crippen LogP contribution in [0.5, 0.6) is 11.5 Å². The summed E-state index contributed by atoms with van der Waals surface area (Å²) in [7, 11) is 0. The van der Waals surface area contributed by atoms with E-state index in [0.717, 1.165) is 29.2 Å². The lowest BCUT2D eigenvalue weighted by molar-refractivity contribution is 0.147. The van der Waals surface area contributed by atoms with Gasteiger partial charge in [-0.05, 0) is 36.8 Å². The van der Waals surface area contributed by atoms with Crippen molar-refractivity contribution < 1.29 is 9.47 Å². The Labute approximate surface area is 124 Å². The van der Waals surface area contributed by atoms with Gasteiger partial charge >= 0.3 is 0 Å². The predicted molar refractivity (Wildman–Crippen MR) is 83.8 cm³/mol. The van der Waals surface area contributed by atoms with E-state index in [2.05, 4.69) is 35.7 Å². The van der Waals surface area contributed by atoms with Crippen LogP contribution in [0.3, 0.4) is 0 Å². The molecule has 2 aromatic rings. The summed E-state index contributed by atoms with van der Waals surface area (Å²) in [6.07, 6.45) is 5.03. The van der Waals surface area contributed by atoms with Crippen molar-refractivity contribution in [1.82, 2.24) is 0 Å². The summed E-state index contributed by atoms with van der Waals surface area (Å²) in [6.45, 7) is 2.61. The molecule has 2 heterocycles. The maximum Gasteiger partial charge on any atom is 0.204 e. The second-order valence-electron chi connectivity index (χ2n) is 5.39. The number of para-hydroxylation sites is 2. The number of anilines is 1. The first kappa shape index (κ1) is 12.3. The van der Waals surface area contributed by atoms with Crippen molar-refractivity contribution in [3.05, 3.63) is 59.7 Å². The minimum Gasteiger partial charge on any atom is -0.490 e. The number of hydrogen-bond acceptors (Lipinski definition) is 3. The molecule has 1 unspecified atom stereocenters. The van der Waals surface area contributed by atoms with Crippen molar-refractivity contribution in [2.75, 3.05) is 11.9 Å². The molecule has 4 rings (SSSR count). The van der Waals surface area contributed by atoms with Gasteiger partial charge in [0, 0.05) is 17.7 Å². The van der Waals surface area contributed by atoms with Gasteiger partial charge in [0.05, 0.1) is 6.61 Å². The molecule has 0 aliphatic carbocycles. The van der Waals surface area contributed by atoms with Gasteiger partial charge in [0.15, 0.2) is 11.5 Å². The summed E-state index contributed by atoms with van der Waals surface area (Å²) in [6, 6.07) is 14.3. The molecule has 106 valence electrons. The molecule has 21 heavy (non-hydrogen) atoms. The molecular weight excluding hydrogens is 262 g/mol. The summed E-state index contributed by atoms with van der Waals surface area (Å²) >= 11 is 0. The van der Waals surface area contributed by atoms with Crippen molar-refractivity contribution in [1.29, 1.82) is 0 Å². The SMILES string of the molecule is CCOc1cccc2c1OC1(C=C2)Cc2ccccc2N1. The van der Waals surface area contributed by atoms with Crippen molar-refractivity contribution in [3.63, 3.8) is 0 Å². The zero-order chi connectivity index (χ0) is 14.3. The van der Waals surface area contributed by atoms with E-state index in [0.29, 0.717) is 6.61 Å². The Hall–Kier alpha value is -2.42. The first-order chi connectivity index (χ1) is 10.3. The summed E-state index contributed by atoms with van der Waals surface area (Å²) in [4.78, 5) is 0. The second-order valence-corrected chi connectivity index (χ2v) is 5.39. The van der Waals surface area contributed by atoms with Crippen molar-refractivity contribution >= 4 is 11.8 Å². The molecule has 3 nitrogen and oxygen atoms in total. The van der Waals surface area contributed by atoms with Crippen LogP contribution in [0.1, 0.15) is 18.1 Å². The number of hydrogen-bond donors (Lipinski definition) is 1. The van der Waals surface area contributed by atoms with Crippen LogP contribution in [0.2, 0.25) is 0 Å². The van der Waals surface area contributed by atoms with E-state index in [4.69, 9.17) is 9.47 Å². The monoisotopic (exact) mass is 279 g/mol. The Morgan fingerprint density at radius 3 is 2.95 bits per heavy atom. The molecule has 0 aromatic heterocycles. The van der Waals surface area contributed by atoms with Crippen LogP contribution in [-0.4, -0.2) is 12.3 Å². The van der Waals surface area contributed by atoms with Crippen LogP contribution in [-0.2, 0) is 6.42 Å². The average Bonchev–Trinajstić information content (AvgIpc) is 2.86. The topological polar surface area (TPSA) is 30.5 Å². The highest BCUT2D eigenvalue weighted by Gasteiger charge is 2.39. The van der Waals surface area contributed by atoms with Gasteiger partial charge in [0.25, 0.3) is 0 Å². The molecule has 0 saturated carbocycles. The lowest BCUT2D eigenvalue weighted by Crippen LogP contribution is -2.42. The van der Waals surface area contributed by atoms with Gasteiger partial charge < -0.3 is 14.8 Å². The highest BCUT2D eigenvalue weighted by molar-refractivity contribution is 5.69. The van der Waals surface area contributed by atoms with Crippen molar-refractivity contribution in [3.8, 4) is 11.5 Å². The summed E-state index contributed by atoms with van der Waals surface area (Å²) in [5, 5.41) is 3.50. The summed E-state index contributed by atoms with van der Waals surface area (Å²) < 4.78 is 12.0. The minimum absolute atomic E-state index is 0.496. The molecule has 0 fully saturated rings. The summed E-state index contributed by atoms with van der Waals surface area (Å²) in [5.41, 5.74) is 2.98. The number of benzene rings is 2. The maximum absolute atomic E-state index is 6.32. The largest absolute Gasteiger partial charge is 0.490 e. The third-order valence-electron chi connectivity index (χ3n) is 3.94. The van der Waals surface area contributed by atoms with Crippen LogP contribution in [0, 0.1) is 0 Å². The Balaban J connectivity index is 1.72. The van der Waals surface area contributed by atoms with Crippen LogP contribution < -0.4 is 14.8 Å². The third kappa shape index (κ3) is 1.97. The second kappa shape index (κ2) is 4.55. The number of ether oxygens (including phenoxy) is 2. The number of fused-ring (bicyclic) bond motifs is 2. The molecule has 2 aliphatic heterocycles. The van der Waals surface area contributed by atoms with Crippen molar-refractivity contribution in [2.24, 2.45) is 0 Å². The first-order valence-corrected chi connectivity index (χ1v) is 7.30. The normalized spacial score (nSPS) is 21.4. The molecule has 1 N–H and O–H groups in total. The lowest BCUT2D eigenvalue weighted by Gasteiger charge is -2.32. The average molecular weight is 279 g/mol. The lowest BCUT2D eigenvalue weighted by atomic mass is 10.0. The molecule has 2 aliphatic rings. The maximum atomic E-state index is 6.32. The highest BCUT2D eigenvalue weighted by Crippen LogP contribution is 2.43. The predicted octanol–water partition coefficient (Wildman–Crippen LogP) is 3.86. The van der Waals surface area contributed by atoms with E-state index in [1.165, 1.54) is 5.56 Å². The standard InChI is InChI=1S/C18H17NO2/c1-2-20-16-9-5-7-13-10-11-18(21-17(13)16)12-14-6-3-4-8-15(14)19-18/h3-11,19H,2,12H2,1H3. The fourth-order valence-corrected chi connectivity index (χ4v) is 3.00. The third-order valence-corrected chi connectivity index (χ3v) is 3.94. The zero-order valence-electron chi connectivity index (χ0n) is 11.9. The molecule has 2 aromatic carbocycles. The molecule has 3 heteroatoms. The Bertz CT molecular complexity index is 696. The summed E-state index contributed by atoms with van der Waals surface area (Å²) in [5.74, 6) is 1.62. The van der Waals surface area contributed by atoms with Crippen LogP contribution in [0.15, 0.2) is 48.5 Å². The van der Waals surface area contributed by atoms with Crippen LogP contribution >= 0.6 is 0 Å². The molecule has 0 radical (unpaired) electrons. The molecule has 0 saturated heterocycles. The van der Waals surface area contributed by atoms with Crippen molar-refractivity contribution in [2.45, 2.75) is 19.1 Å². The number of nitrogens with one attached hydrogen (secondary N) is 1. The van der Waals surface area contributed by atoms with E-state index in [-0.39, 0.29) is 0 Å². The van der Waals surface area contributed by atoms with E-state index in [1.54, 1.807) is 0 Å². The molecule has 1 spiro atoms. The van der Waals surface area contributed by atoms with E-state index >= 15 is 0 Å². The smallest absolute Gasteiger partial charge is 0.204 e. The molecule has 0 bridgehead atoms. The fraction of sp³-hybridized carbons (Fsp3) is 0.222. The molecule has 0 amide bonds. The van der Waals surface area contributed by atoms with Gasteiger partial charge in [0.2, 0.25) is 5.72 Å². The van der Waals surface area contributed by atoms with Gasteiger partial charge in [-0.25, -0.2) is 0 Å². The Morgan fingerprint density at radius 1 is 1.19 bits per heavy atom. The highest BCUT2D eigenvalue weighted by atomic mass is 16.5. The van der Waals surface area contributed by atoms with Gasteiger partial charge in [-0.15, -0.1) is 0 Å². The zero-order valence-corrected chi connectivity index (χ0v) is 11.9. The van der Waals surface area contributed by atoms with E-state index < -0.39 is 5.72 Å². The Kier molecular flexibility index (Phi) is 2.67. The van der Waals surface area contributed by atoms with Gasteiger partial charge in [-0.2, -0.15) is 0 Å². The minimum atomic E-state index is -0.496. The van der Waals surface area contributed by atoms with Gasteiger partial charge in [-0.3, -0.25) is 0 Å². The molecular formula is C18H17NO2. The quantitative estimate of drug-likeness (QED) is 0.905. The first-order valence-electron chi connectivity index (χ1n) is 7.30. The van der Waals surface area contributed by atoms with Crippen LogP contribution in [0.4, 0.5) is 5.69 Å². The van der Waals surface area contributed by atoms with Crippen LogP contribution in [0.25, 0.3) is 6.08 Å². The van der Waals surface area contributed by atoms with E-state index in [1.807, 2.05) is 31.2 Å². The van der Waals surface area contributed by atoms with Gasteiger partial charge in [-0.1, -0.05) is 30.3 Å². The fourth-order valence-electron chi connectivity index (χ4n) is 3.00. The molecule has 1 atom stereocenters. The van der Waals surface area contributed by atoms with Gasteiger partial charge in [0.1, 0.15) is 0 Å². The Morgan fingerprint density at radius 2 is 2.10 bits per heavy atom.